The molecule has 3 aromatic carbocycles. The summed E-state index contributed by atoms with van der Waals surface area (Å²) in [5.41, 5.74) is 2.68. The molecule has 0 saturated heterocycles. The van der Waals surface area contributed by atoms with Crippen LogP contribution in [0.1, 0.15) is 39.0 Å². The number of carbonyl (C=O) groups excluding carboxylic acids is 2. The highest BCUT2D eigenvalue weighted by atomic mass is 79.9. The van der Waals surface area contributed by atoms with Crippen molar-refractivity contribution in [3.8, 4) is 5.75 Å². The summed E-state index contributed by atoms with van der Waals surface area (Å²) in [5, 5.41) is 11.6. The number of benzene rings is 3. The lowest BCUT2D eigenvalue weighted by atomic mass is 9.88. The monoisotopic (exact) mass is 493 g/mol. The SMILES string of the molecule is COc1ccc(C(=O)C[C@]2(O)C(=O)N(Cc3cc(C)ccc3C)c3ccc(Br)cc32)cc1. The molecular formula is C26H24BrNO4. The number of hydrogen-bond acceptors (Lipinski definition) is 4. The molecule has 0 radical (unpaired) electrons. The largest absolute Gasteiger partial charge is 0.497 e. The van der Waals surface area contributed by atoms with Crippen LogP contribution in [0.4, 0.5) is 5.69 Å². The number of ether oxygens (including phenoxy) is 1. The maximum absolute atomic E-state index is 13.6. The molecule has 3 aromatic rings. The van der Waals surface area contributed by atoms with Crippen molar-refractivity contribution >= 4 is 33.3 Å². The predicted octanol–water partition coefficient (Wildman–Crippen LogP) is 5.08. The highest BCUT2D eigenvalue weighted by Gasteiger charge is 2.51. The van der Waals surface area contributed by atoms with E-state index >= 15 is 0 Å². The summed E-state index contributed by atoms with van der Waals surface area (Å²) in [6.45, 7) is 4.32. The van der Waals surface area contributed by atoms with Crippen molar-refractivity contribution in [1.29, 1.82) is 0 Å². The molecule has 0 aromatic heterocycles. The first-order valence-corrected chi connectivity index (χ1v) is 11.1. The highest BCUT2D eigenvalue weighted by Crippen LogP contribution is 2.45. The number of nitrogens with zero attached hydrogens (tertiary/aromatic N) is 1. The number of rotatable bonds is 6. The maximum atomic E-state index is 13.6. The predicted molar refractivity (Wildman–Crippen MR) is 127 cm³/mol. The van der Waals surface area contributed by atoms with E-state index in [-0.39, 0.29) is 12.2 Å². The van der Waals surface area contributed by atoms with Gasteiger partial charge in [-0.05, 0) is 67.4 Å². The summed E-state index contributed by atoms with van der Waals surface area (Å²) in [4.78, 5) is 28.2. The quantitative estimate of drug-likeness (QED) is 0.486. The number of amides is 1. The van der Waals surface area contributed by atoms with E-state index in [9.17, 15) is 14.7 Å². The summed E-state index contributed by atoms with van der Waals surface area (Å²) in [6.07, 6.45) is -0.342. The second-order valence-electron chi connectivity index (χ2n) is 8.17. The molecule has 4 rings (SSSR count). The van der Waals surface area contributed by atoms with Crippen molar-refractivity contribution in [1.82, 2.24) is 0 Å². The number of fused-ring (bicyclic) bond motifs is 1. The molecule has 0 fully saturated rings. The van der Waals surface area contributed by atoms with Gasteiger partial charge in [-0.3, -0.25) is 9.59 Å². The zero-order valence-corrected chi connectivity index (χ0v) is 19.8. The van der Waals surface area contributed by atoms with Gasteiger partial charge in [-0.2, -0.15) is 0 Å². The number of halogens is 1. The topological polar surface area (TPSA) is 66.8 Å². The fraction of sp³-hybridized carbons (Fsp3) is 0.231. The van der Waals surface area contributed by atoms with Crippen LogP contribution >= 0.6 is 15.9 Å². The minimum absolute atomic E-state index is 0.317. The molecule has 0 unspecified atom stereocenters. The first-order valence-electron chi connectivity index (χ1n) is 10.3. The Labute approximate surface area is 195 Å². The van der Waals surface area contributed by atoms with E-state index in [1.807, 2.05) is 38.1 Å². The van der Waals surface area contributed by atoms with Gasteiger partial charge in [0.05, 0.1) is 25.8 Å². The first kappa shape index (κ1) is 22.2. The number of Topliss-reactive ketones (excluding diaryl/α,β-unsaturated/α-hetero) is 1. The molecule has 0 aliphatic carbocycles. The summed E-state index contributed by atoms with van der Waals surface area (Å²) in [7, 11) is 1.55. The zero-order chi connectivity index (χ0) is 23.0. The standard InChI is InChI=1S/C26H24BrNO4/c1-16-4-5-17(2)19(12-16)15-28-23-11-8-20(27)13-22(23)26(31,25(28)30)14-24(29)18-6-9-21(32-3)10-7-18/h4-13,31H,14-15H2,1-3H3/t26-/m1/s1. The smallest absolute Gasteiger partial charge is 0.264 e. The Hall–Kier alpha value is -2.96. The molecule has 1 heterocycles. The number of hydrogen-bond donors (Lipinski definition) is 1. The molecule has 1 aliphatic rings. The molecule has 5 nitrogen and oxygen atoms in total. The minimum atomic E-state index is -1.94. The number of aryl methyl sites for hydroxylation is 2. The zero-order valence-electron chi connectivity index (χ0n) is 18.2. The van der Waals surface area contributed by atoms with Crippen molar-refractivity contribution in [2.24, 2.45) is 0 Å². The van der Waals surface area contributed by atoms with Gasteiger partial charge in [0.15, 0.2) is 11.4 Å². The fourth-order valence-electron chi connectivity index (χ4n) is 4.10. The van der Waals surface area contributed by atoms with Crippen LogP contribution in [-0.2, 0) is 16.9 Å². The molecule has 1 atom stereocenters. The Morgan fingerprint density at radius 2 is 1.78 bits per heavy atom. The van der Waals surface area contributed by atoms with Gasteiger partial charge in [-0.25, -0.2) is 0 Å². The van der Waals surface area contributed by atoms with Crippen LogP contribution in [0.5, 0.6) is 5.75 Å². The van der Waals surface area contributed by atoms with Gasteiger partial charge in [0, 0.05) is 15.6 Å². The van der Waals surface area contributed by atoms with E-state index in [0.717, 1.165) is 21.2 Å². The molecule has 0 spiro atoms. The van der Waals surface area contributed by atoms with Gasteiger partial charge < -0.3 is 14.7 Å². The van der Waals surface area contributed by atoms with Gasteiger partial charge in [0.2, 0.25) is 0 Å². The Morgan fingerprint density at radius 1 is 1.06 bits per heavy atom. The average molecular weight is 494 g/mol. The van der Waals surface area contributed by atoms with E-state index in [1.165, 1.54) is 0 Å². The van der Waals surface area contributed by atoms with E-state index in [2.05, 4.69) is 15.9 Å². The molecule has 32 heavy (non-hydrogen) atoms. The van der Waals surface area contributed by atoms with Crippen LogP contribution < -0.4 is 9.64 Å². The van der Waals surface area contributed by atoms with Crippen LogP contribution in [0.2, 0.25) is 0 Å². The number of carbonyl (C=O) groups is 2. The second kappa shape index (κ2) is 8.52. The van der Waals surface area contributed by atoms with Gasteiger partial charge in [-0.1, -0.05) is 39.7 Å². The summed E-state index contributed by atoms with van der Waals surface area (Å²) in [5.74, 6) is -0.178. The number of methoxy groups -OCH3 is 1. The maximum Gasteiger partial charge on any atom is 0.264 e. The molecule has 6 heteroatoms. The molecule has 0 bridgehead atoms. The second-order valence-corrected chi connectivity index (χ2v) is 9.09. The lowest BCUT2D eigenvalue weighted by Crippen LogP contribution is -2.41. The highest BCUT2D eigenvalue weighted by molar-refractivity contribution is 9.10. The lowest BCUT2D eigenvalue weighted by molar-refractivity contribution is -0.136. The van der Waals surface area contributed by atoms with Crippen LogP contribution in [-0.4, -0.2) is 23.9 Å². The van der Waals surface area contributed by atoms with Crippen LogP contribution in [0.15, 0.2) is 65.1 Å². The van der Waals surface area contributed by atoms with Crippen molar-refractivity contribution < 1.29 is 19.4 Å². The third-order valence-electron chi connectivity index (χ3n) is 5.96. The van der Waals surface area contributed by atoms with Crippen molar-refractivity contribution in [3.63, 3.8) is 0 Å². The fourth-order valence-corrected chi connectivity index (χ4v) is 4.46. The third kappa shape index (κ3) is 3.96. The van der Waals surface area contributed by atoms with Crippen LogP contribution in [0.3, 0.4) is 0 Å². The van der Waals surface area contributed by atoms with E-state index < -0.39 is 11.5 Å². The Morgan fingerprint density at radius 3 is 2.47 bits per heavy atom. The van der Waals surface area contributed by atoms with E-state index in [1.54, 1.807) is 48.4 Å². The number of aliphatic hydroxyl groups is 1. The molecule has 0 saturated carbocycles. The Kier molecular flexibility index (Phi) is 5.93. The molecule has 164 valence electrons. The third-order valence-corrected chi connectivity index (χ3v) is 6.45. The van der Waals surface area contributed by atoms with Gasteiger partial charge in [0.1, 0.15) is 5.75 Å². The summed E-state index contributed by atoms with van der Waals surface area (Å²) >= 11 is 3.43. The minimum Gasteiger partial charge on any atom is -0.497 e. The van der Waals surface area contributed by atoms with Crippen LogP contribution in [0, 0.1) is 13.8 Å². The molecular weight excluding hydrogens is 470 g/mol. The average Bonchev–Trinajstić information content (AvgIpc) is 2.97. The van der Waals surface area contributed by atoms with Gasteiger partial charge in [-0.15, -0.1) is 0 Å². The summed E-state index contributed by atoms with van der Waals surface area (Å²) < 4.78 is 5.87. The lowest BCUT2D eigenvalue weighted by Gasteiger charge is -2.23. The Bertz CT molecular complexity index is 1200. The van der Waals surface area contributed by atoms with Gasteiger partial charge in [0.25, 0.3) is 5.91 Å². The van der Waals surface area contributed by atoms with E-state index in [0.29, 0.717) is 29.1 Å². The van der Waals surface area contributed by atoms with Crippen molar-refractivity contribution in [3.05, 3.63) is 93.0 Å². The first-order chi connectivity index (χ1) is 15.2. The number of ketones is 1. The molecule has 1 amide bonds. The van der Waals surface area contributed by atoms with Crippen LogP contribution in [0.25, 0.3) is 0 Å². The number of anilines is 1. The van der Waals surface area contributed by atoms with Crippen molar-refractivity contribution in [2.75, 3.05) is 12.0 Å². The van der Waals surface area contributed by atoms with Crippen molar-refractivity contribution in [2.45, 2.75) is 32.4 Å². The normalized spacial score (nSPS) is 17.4. The van der Waals surface area contributed by atoms with E-state index in [4.69, 9.17) is 4.74 Å². The molecule has 1 aliphatic heterocycles. The summed E-state index contributed by atoms with van der Waals surface area (Å²) in [6, 6.07) is 18.1. The molecule has 1 N–H and O–H groups in total. The van der Waals surface area contributed by atoms with Gasteiger partial charge >= 0.3 is 0 Å². The Balaban J connectivity index is 1.70.